The molecular formula is C20H15ClN2O3S. The van der Waals surface area contributed by atoms with Crippen molar-refractivity contribution < 1.29 is 14.7 Å². The van der Waals surface area contributed by atoms with Crippen LogP contribution in [0.4, 0.5) is 10.5 Å². The summed E-state index contributed by atoms with van der Waals surface area (Å²) < 4.78 is 0. The van der Waals surface area contributed by atoms with Gasteiger partial charge in [-0.05, 0) is 28.8 Å². The molecule has 1 aromatic heterocycles. The summed E-state index contributed by atoms with van der Waals surface area (Å²) >= 11 is 7.19. The van der Waals surface area contributed by atoms with Crippen LogP contribution < -0.4 is 5.32 Å². The summed E-state index contributed by atoms with van der Waals surface area (Å²) in [7, 11) is 0. The van der Waals surface area contributed by atoms with Gasteiger partial charge >= 0.3 is 12.0 Å². The number of carbonyl (C=O) groups excluding carboxylic acids is 1. The van der Waals surface area contributed by atoms with Crippen molar-refractivity contribution in [2.75, 3.05) is 5.32 Å². The molecule has 2 heterocycles. The van der Waals surface area contributed by atoms with Crippen molar-refractivity contribution >= 4 is 40.6 Å². The number of fused-ring (bicyclic) bond motifs is 1. The van der Waals surface area contributed by atoms with Crippen LogP contribution in [0.15, 0.2) is 53.9 Å². The normalized spacial score (nSPS) is 12.7. The maximum Gasteiger partial charge on any atom is 0.339 e. The number of nitrogens with zero attached hydrogens (tertiary/aromatic N) is 1. The molecule has 7 heteroatoms. The molecule has 5 nitrogen and oxygen atoms in total. The maximum atomic E-state index is 12.7. The lowest BCUT2D eigenvalue weighted by atomic mass is 10.1. The minimum atomic E-state index is -1.08. The summed E-state index contributed by atoms with van der Waals surface area (Å²) in [5, 5.41) is 14.7. The highest BCUT2D eigenvalue weighted by molar-refractivity contribution is 7.14. The second kappa shape index (κ2) is 7.06. The first kappa shape index (κ1) is 17.6. The highest BCUT2D eigenvalue weighted by Gasteiger charge is 2.26. The van der Waals surface area contributed by atoms with Gasteiger partial charge in [-0.1, -0.05) is 48.0 Å². The number of amides is 2. The number of hydrogen-bond donors (Lipinski definition) is 2. The zero-order chi connectivity index (χ0) is 19.0. The third-order valence-corrected chi connectivity index (χ3v) is 5.76. The molecule has 0 unspecified atom stereocenters. The molecule has 0 aliphatic carbocycles. The molecule has 1 aliphatic rings. The second-order valence-electron chi connectivity index (χ2n) is 6.22. The van der Waals surface area contributed by atoms with E-state index in [4.69, 9.17) is 11.6 Å². The van der Waals surface area contributed by atoms with E-state index in [2.05, 4.69) is 5.32 Å². The highest BCUT2D eigenvalue weighted by atomic mass is 35.5. The Morgan fingerprint density at radius 3 is 2.26 bits per heavy atom. The van der Waals surface area contributed by atoms with Gasteiger partial charge in [0.2, 0.25) is 0 Å². The predicted molar refractivity (Wildman–Crippen MR) is 106 cm³/mol. The van der Waals surface area contributed by atoms with Crippen LogP contribution >= 0.6 is 22.9 Å². The zero-order valence-corrected chi connectivity index (χ0v) is 15.7. The molecule has 0 bridgehead atoms. The smallest absolute Gasteiger partial charge is 0.339 e. The Morgan fingerprint density at radius 2 is 1.67 bits per heavy atom. The van der Waals surface area contributed by atoms with Crippen molar-refractivity contribution in [2.24, 2.45) is 0 Å². The molecule has 136 valence electrons. The standard InChI is InChI=1S/C20H15ClN2O3S/c21-15-7-5-12(6-8-15)18-17(19(24)25)16(11-27-18)22-20(26)23-9-13-3-1-2-4-14(13)10-23/h1-8,11H,9-10H2,(H,22,26)(H,24,25). The summed E-state index contributed by atoms with van der Waals surface area (Å²) in [4.78, 5) is 26.7. The van der Waals surface area contributed by atoms with Crippen molar-refractivity contribution in [3.8, 4) is 10.4 Å². The Balaban J connectivity index is 1.58. The Morgan fingerprint density at radius 1 is 1.04 bits per heavy atom. The number of aromatic carboxylic acids is 1. The first-order valence-electron chi connectivity index (χ1n) is 8.26. The zero-order valence-electron chi connectivity index (χ0n) is 14.1. The molecular weight excluding hydrogens is 384 g/mol. The summed E-state index contributed by atoms with van der Waals surface area (Å²) in [6.07, 6.45) is 0. The number of nitrogens with one attached hydrogen (secondary N) is 1. The summed E-state index contributed by atoms with van der Waals surface area (Å²) in [5.74, 6) is -1.08. The monoisotopic (exact) mass is 398 g/mol. The number of halogens is 1. The number of carboxylic acid groups (broad SMARTS) is 1. The van der Waals surface area contributed by atoms with Crippen molar-refractivity contribution in [1.82, 2.24) is 4.90 Å². The lowest BCUT2D eigenvalue weighted by molar-refractivity contribution is 0.0699. The molecule has 3 aromatic rings. The molecule has 27 heavy (non-hydrogen) atoms. The van der Waals surface area contributed by atoms with Gasteiger partial charge in [-0.15, -0.1) is 11.3 Å². The van der Waals surface area contributed by atoms with Crippen molar-refractivity contribution in [3.05, 3.63) is 75.6 Å². The number of anilines is 1. The quantitative estimate of drug-likeness (QED) is 0.627. The number of carbonyl (C=O) groups is 2. The van der Waals surface area contributed by atoms with E-state index in [-0.39, 0.29) is 11.6 Å². The molecule has 1 aliphatic heterocycles. The van der Waals surface area contributed by atoms with Crippen molar-refractivity contribution in [2.45, 2.75) is 13.1 Å². The van der Waals surface area contributed by atoms with Crippen LogP contribution in [0.3, 0.4) is 0 Å². The summed E-state index contributed by atoms with van der Waals surface area (Å²) in [6, 6.07) is 14.5. The molecule has 0 saturated heterocycles. The Bertz CT molecular complexity index is 1000. The fourth-order valence-electron chi connectivity index (χ4n) is 3.15. The highest BCUT2D eigenvalue weighted by Crippen LogP contribution is 2.37. The predicted octanol–water partition coefficient (Wildman–Crippen LogP) is 5.31. The van der Waals surface area contributed by atoms with Gasteiger partial charge < -0.3 is 15.3 Å². The number of rotatable bonds is 3. The van der Waals surface area contributed by atoms with E-state index >= 15 is 0 Å². The van der Waals surface area contributed by atoms with E-state index in [9.17, 15) is 14.7 Å². The molecule has 0 radical (unpaired) electrons. The molecule has 2 N–H and O–H groups in total. The van der Waals surface area contributed by atoms with Crippen LogP contribution in [-0.2, 0) is 13.1 Å². The minimum absolute atomic E-state index is 0.0902. The topological polar surface area (TPSA) is 69.6 Å². The number of carboxylic acids is 1. The van der Waals surface area contributed by atoms with Crippen LogP contribution in [0.2, 0.25) is 5.02 Å². The van der Waals surface area contributed by atoms with Gasteiger partial charge in [-0.25, -0.2) is 9.59 Å². The fraction of sp³-hybridized carbons (Fsp3) is 0.100. The number of thiophene rings is 1. The number of urea groups is 1. The van der Waals surface area contributed by atoms with E-state index in [0.29, 0.717) is 28.7 Å². The number of benzene rings is 2. The van der Waals surface area contributed by atoms with Gasteiger partial charge in [0, 0.05) is 23.5 Å². The van der Waals surface area contributed by atoms with E-state index < -0.39 is 5.97 Å². The largest absolute Gasteiger partial charge is 0.478 e. The van der Waals surface area contributed by atoms with Gasteiger partial charge in [0.25, 0.3) is 0 Å². The second-order valence-corrected chi connectivity index (χ2v) is 7.54. The SMILES string of the molecule is O=C(O)c1c(NC(=O)N2Cc3ccccc3C2)csc1-c1ccc(Cl)cc1. The first-order valence-corrected chi connectivity index (χ1v) is 9.52. The molecule has 0 atom stereocenters. The van der Waals surface area contributed by atoms with Gasteiger partial charge in [0.05, 0.1) is 10.6 Å². The Kier molecular flexibility index (Phi) is 4.59. The van der Waals surface area contributed by atoms with Gasteiger partial charge in [0.1, 0.15) is 5.56 Å². The van der Waals surface area contributed by atoms with Crippen LogP contribution in [0.25, 0.3) is 10.4 Å². The summed E-state index contributed by atoms with van der Waals surface area (Å²) in [5.41, 5.74) is 3.36. The lowest BCUT2D eigenvalue weighted by Crippen LogP contribution is -2.30. The minimum Gasteiger partial charge on any atom is -0.478 e. The van der Waals surface area contributed by atoms with E-state index in [1.807, 2.05) is 24.3 Å². The van der Waals surface area contributed by atoms with Gasteiger partial charge in [-0.3, -0.25) is 0 Å². The van der Waals surface area contributed by atoms with E-state index in [1.54, 1.807) is 34.5 Å². The Hall–Kier alpha value is -2.83. The molecule has 2 aromatic carbocycles. The fourth-order valence-corrected chi connectivity index (χ4v) is 4.27. The van der Waals surface area contributed by atoms with Gasteiger partial charge in [0.15, 0.2) is 0 Å². The third kappa shape index (κ3) is 3.41. The first-order chi connectivity index (χ1) is 13.0. The molecule has 4 rings (SSSR count). The van der Waals surface area contributed by atoms with E-state index in [1.165, 1.54) is 11.3 Å². The third-order valence-electron chi connectivity index (χ3n) is 4.48. The Labute approximate surface area is 164 Å². The van der Waals surface area contributed by atoms with Crippen LogP contribution in [-0.4, -0.2) is 22.0 Å². The maximum absolute atomic E-state index is 12.7. The molecule has 0 fully saturated rings. The van der Waals surface area contributed by atoms with Crippen molar-refractivity contribution in [1.29, 1.82) is 0 Å². The summed E-state index contributed by atoms with van der Waals surface area (Å²) in [6.45, 7) is 1.02. The van der Waals surface area contributed by atoms with Gasteiger partial charge in [-0.2, -0.15) is 0 Å². The van der Waals surface area contributed by atoms with Crippen LogP contribution in [0.1, 0.15) is 21.5 Å². The lowest BCUT2D eigenvalue weighted by Gasteiger charge is -2.16. The molecule has 2 amide bonds. The van der Waals surface area contributed by atoms with E-state index in [0.717, 1.165) is 16.7 Å². The number of hydrogen-bond acceptors (Lipinski definition) is 3. The molecule has 0 spiro atoms. The average Bonchev–Trinajstić information content (AvgIpc) is 3.26. The molecule has 0 saturated carbocycles. The van der Waals surface area contributed by atoms with Crippen LogP contribution in [0, 0.1) is 0 Å². The average molecular weight is 399 g/mol. The van der Waals surface area contributed by atoms with Crippen LogP contribution in [0.5, 0.6) is 0 Å². The van der Waals surface area contributed by atoms with Crippen molar-refractivity contribution in [3.63, 3.8) is 0 Å².